The minimum Gasteiger partial charge on any atom is -0.359 e. The fourth-order valence-electron chi connectivity index (χ4n) is 4.39. The third-order valence-electron chi connectivity index (χ3n) is 6.00. The van der Waals surface area contributed by atoms with Gasteiger partial charge in [0.25, 0.3) is 0 Å². The SMILES string of the molecule is Cc1ccc2c3c(C)cccc3n(CCNCCOCn3cnc4c(C)ncnc43)c2c1. The summed E-state index contributed by atoms with van der Waals surface area (Å²) in [6.07, 6.45) is 3.32. The van der Waals surface area contributed by atoms with Crippen LogP contribution < -0.4 is 5.32 Å². The average Bonchev–Trinajstić information content (AvgIpc) is 3.34. The van der Waals surface area contributed by atoms with E-state index in [9.17, 15) is 0 Å². The van der Waals surface area contributed by atoms with Crippen LogP contribution in [0.15, 0.2) is 49.1 Å². The molecule has 7 heteroatoms. The van der Waals surface area contributed by atoms with E-state index >= 15 is 0 Å². The van der Waals surface area contributed by atoms with Crippen LogP contribution >= 0.6 is 0 Å². The van der Waals surface area contributed by atoms with Crippen LogP contribution in [0.3, 0.4) is 0 Å². The number of rotatable bonds is 8. The summed E-state index contributed by atoms with van der Waals surface area (Å²) >= 11 is 0. The van der Waals surface area contributed by atoms with Crippen molar-refractivity contribution in [1.29, 1.82) is 0 Å². The Morgan fingerprint density at radius 2 is 1.88 bits per heavy atom. The smallest absolute Gasteiger partial charge is 0.165 e. The first kappa shape index (κ1) is 20.6. The van der Waals surface area contributed by atoms with Gasteiger partial charge in [0, 0.05) is 41.4 Å². The summed E-state index contributed by atoms with van der Waals surface area (Å²) in [7, 11) is 0. The first-order chi connectivity index (χ1) is 15.6. The predicted octanol–water partition coefficient (Wildman–Crippen LogP) is 4.12. The highest BCUT2D eigenvalue weighted by molar-refractivity contribution is 6.09. The second kappa shape index (κ2) is 8.68. The summed E-state index contributed by atoms with van der Waals surface area (Å²) < 4.78 is 10.2. The fourth-order valence-corrected chi connectivity index (χ4v) is 4.39. The average molecular weight is 429 g/mol. The van der Waals surface area contributed by atoms with Crippen LogP contribution in [-0.4, -0.2) is 43.8 Å². The van der Waals surface area contributed by atoms with Gasteiger partial charge in [0.2, 0.25) is 0 Å². The second-order valence-electron chi connectivity index (χ2n) is 8.27. The molecule has 0 spiro atoms. The highest BCUT2D eigenvalue weighted by Gasteiger charge is 2.12. The third kappa shape index (κ3) is 3.74. The molecule has 0 amide bonds. The third-order valence-corrected chi connectivity index (χ3v) is 6.00. The van der Waals surface area contributed by atoms with Gasteiger partial charge in [-0.15, -0.1) is 0 Å². The van der Waals surface area contributed by atoms with Crippen LogP contribution in [0.25, 0.3) is 33.0 Å². The maximum Gasteiger partial charge on any atom is 0.165 e. The molecule has 1 N–H and O–H groups in total. The van der Waals surface area contributed by atoms with E-state index in [4.69, 9.17) is 4.74 Å². The van der Waals surface area contributed by atoms with Gasteiger partial charge < -0.3 is 14.6 Å². The van der Waals surface area contributed by atoms with E-state index < -0.39 is 0 Å². The van der Waals surface area contributed by atoms with Crippen molar-refractivity contribution >= 4 is 33.0 Å². The van der Waals surface area contributed by atoms with Crippen molar-refractivity contribution in [2.75, 3.05) is 19.7 Å². The Labute approximate surface area is 187 Å². The van der Waals surface area contributed by atoms with Gasteiger partial charge in [-0.3, -0.25) is 4.57 Å². The zero-order valence-corrected chi connectivity index (χ0v) is 18.8. The lowest BCUT2D eigenvalue weighted by atomic mass is 10.1. The number of hydrogen-bond acceptors (Lipinski definition) is 5. The number of aryl methyl sites for hydroxylation is 3. The normalized spacial score (nSPS) is 11.8. The van der Waals surface area contributed by atoms with E-state index in [0.29, 0.717) is 13.3 Å². The van der Waals surface area contributed by atoms with E-state index in [1.807, 2.05) is 11.5 Å². The second-order valence-corrected chi connectivity index (χ2v) is 8.27. The topological polar surface area (TPSA) is 69.8 Å². The number of fused-ring (bicyclic) bond motifs is 4. The summed E-state index contributed by atoms with van der Waals surface area (Å²) in [4.78, 5) is 12.9. The van der Waals surface area contributed by atoms with E-state index in [0.717, 1.165) is 36.5 Å². The number of nitrogens with one attached hydrogen (secondary N) is 1. The molecule has 0 saturated heterocycles. The van der Waals surface area contributed by atoms with Crippen LogP contribution in [-0.2, 0) is 18.0 Å². The summed E-state index contributed by atoms with van der Waals surface area (Å²) in [5, 5.41) is 6.20. The first-order valence-electron chi connectivity index (χ1n) is 11.0. The highest BCUT2D eigenvalue weighted by Crippen LogP contribution is 2.31. The van der Waals surface area contributed by atoms with Crippen molar-refractivity contribution in [3.63, 3.8) is 0 Å². The molecule has 0 bridgehead atoms. The zero-order valence-electron chi connectivity index (χ0n) is 18.8. The van der Waals surface area contributed by atoms with Crippen molar-refractivity contribution in [3.8, 4) is 0 Å². The minimum absolute atomic E-state index is 0.431. The molecule has 0 unspecified atom stereocenters. The fraction of sp³-hybridized carbons (Fsp3) is 0.320. The quantitative estimate of drug-likeness (QED) is 0.377. The lowest BCUT2D eigenvalue weighted by Gasteiger charge is -2.10. The Kier molecular flexibility index (Phi) is 5.59. The van der Waals surface area contributed by atoms with Crippen molar-refractivity contribution in [3.05, 3.63) is 65.9 Å². The Bertz CT molecular complexity index is 1400. The van der Waals surface area contributed by atoms with Crippen LogP contribution in [0.4, 0.5) is 0 Å². The molecule has 0 aliphatic rings. The van der Waals surface area contributed by atoms with E-state index in [1.165, 1.54) is 32.9 Å². The summed E-state index contributed by atoms with van der Waals surface area (Å²) in [5.41, 5.74) is 7.72. The van der Waals surface area contributed by atoms with Crippen molar-refractivity contribution in [2.45, 2.75) is 34.0 Å². The van der Waals surface area contributed by atoms with Crippen LogP contribution in [0.2, 0.25) is 0 Å². The summed E-state index contributed by atoms with van der Waals surface area (Å²) in [5.74, 6) is 0. The van der Waals surface area contributed by atoms with Gasteiger partial charge in [-0.05, 0) is 44.0 Å². The monoisotopic (exact) mass is 428 g/mol. The molecule has 0 radical (unpaired) electrons. The Balaban J connectivity index is 1.18. The van der Waals surface area contributed by atoms with E-state index in [2.05, 4.69) is 75.1 Å². The molecule has 5 aromatic rings. The van der Waals surface area contributed by atoms with Crippen molar-refractivity contribution < 1.29 is 4.74 Å². The molecule has 0 saturated carbocycles. The molecule has 5 rings (SSSR count). The first-order valence-corrected chi connectivity index (χ1v) is 11.0. The molecule has 164 valence electrons. The molecular formula is C25H28N6O. The van der Waals surface area contributed by atoms with Gasteiger partial charge in [0.15, 0.2) is 5.65 Å². The molecule has 0 aliphatic heterocycles. The van der Waals surface area contributed by atoms with E-state index in [1.54, 1.807) is 12.7 Å². The number of benzene rings is 2. The molecular weight excluding hydrogens is 400 g/mol. The van der Waals surface area contributed by atoms with E-state index in [-0.39, 0.29) is 0 Å². The minimum atomic E-state index is 0.431. The maximum atomic E-state index is 5.83. The Hall–Kier alpha value is -3.29. The van der Waals surface area contributed by atoms with Crippen molar-refractivity contribution in [1.82, 2.24) is 29.4 Å². The summed E-state index contributed by atoms with van der Waals surface area (Å²) in [6, 6.07) is 13.3. The number of imidazole rings is 1. The van der Waals surface area contributed by atoms with Crippen LogP contribution in [0.5, 0.6) is 0 Å². The van der Waals surface area contributed by atoms with Gasteiger partial charge in [-0.1, -0.05) is 24.3 Å². The zero-order chi connectivity index (χ0) is 22.1. The molecule has 3 heterocycles. The lowest BCUT2D eigenvalue weighted by molar-refractivity contribution is 0.0811. The molecule has 0 aliphatic carbocycles. The largest absolute Gasteiger partial charge is 0.359 e. The van der Waals surface area contributed by atoms with Gasteiger partial charge in [-0.2, -0.15) is 0 Å². The molecule has 7 nitrogen and oxygen atoms in total. The predicted molar refractivity (Wildman–Crippen MR) is 128 cm³/mol. The van der Waals surface area contributed by atoms with Gasteiger partial charge in [-0.25, -0.2) is 15.0 Å². The standard InChI is InChI=1S/C25H28N6O/c1-17-7-8-20-22(13-17)31(21-6-4-5-18(2)23(20)21)11-9-26-10-12-32-16-30-15-29-24-19(3)27-14-28-25(24)30/h4-8,13-15,26H,9-12,16H2,1-3H3. The van der Waals surface area contributed by atoms with Crippen LogP contribution in [0, 0.1) is 20.8 Å². The highest BCUT2D eigenvalue weighted by atomic mass is 16.5. The van der Waals surface area contributed by atoms with Gasteiger partial charge >= 0.3 is 0 Å². The molecule has 2 aromatic carbocycles. The van der Waals surface area contributed by atoms with Gasteiger partial charge in [0.1, 0.15) is 18.6 Å². The molecule has 3 aromatic heterocycles. The number of nitrogens with zero attached hydrogens (tertiary/aromatic N) is 5. The van der Waals surface area contributed by atoms with Gasteiger partial charge in [0.05, 0.1) is 18.6 Å². The number of ether oxygens (including phenoxy) is 1. The maximum absolute atomic E-state index is 5.83. The number of aromatic nitrogens is 5. The summed E-state index contributed by atoms with van der Waals surface area (Å²) in [6.45, 7) is 9.91. The van der Waals surface area contributed by atoms with Crippen LogP contribution in [0.1, 0.15) is 16.8 Å². The molecule has 0 fully saturated rings. The number of hydrogen-bond donors (Lipinski definition) is 1. The molecule has 0 atom stereocenters. The Morgan fingerprint density at radius 1 is 0.969 bits per heavy atom. The van der Waals surface area contributed by atoms with Crippen molar-refractivity contribution in [2.24, 2.45) is 0 Å². The molecule has 32 heavy (non-hydrogen) atoms. The lowest BCUT2D eigenvalue weighted by Crippen LogP contribution is -2.24. The Morgan fingerprint density at radius 3 is 2.78 bits per heavy atom.